The van der Waals surface area contributed by atoms with Crippen LogP contribution in [0.4, 0.5) is 5.69 Å². The number of anilines is 1. The largest absolute Gasteiger partial charge is 0.465 e. The van der Waals surface area contributed by atoms with E-state index in [1.165, 1.54) is 0 Å². The van der Waals surface area contributed by atoms with Crippen molar-refractivity contribution in [2.45, 2.75) is 40.8 Å². The van der Waals surface area contributed by atoms with Crippen molar-refractivity contribution in [1.29, 1.82) is 0 Å². The maximum Gasteiger partial charge on any atom is 0.320 e. The second kappa shape index (κ2) is 20.3. The number of nitrogens with zero attached hydrogens (tertiary/aromatic N) is 5. The number of hydrogen-bond donors (Lipinski definition) is 1. The fraction of sp³-hybridized carbons (Fsp3) is 0.359. The highest BCUT2D eigenvalue weighted by Gasteiger charge is 2.20. The number of aromatic nitrogens is 3. The van der Waals surface area contributed by atoms with E-state index in [1.54, 1.807) is 49.6 Å². The molecule has 0 atom stereocenters. The zero-order valence-corrected chi connectivity index (χ0v) is 30.6. The number of nitrogens with two attached hydrogens (primary N) is 1. The Morgan fingerprint density at radius 3 is 1.25 bits per heavy atom. The van der Waals surface area contributed by atoms with Crippen LogP contribution in [0.5, 0.6) is 0 Å². The third-order valence-corrected chi connectivity index (χ3v) is 7.61. The first-order valence-corrected chi connectivity index (χ1v) is 17.5. The normalized spacial score (nSPS) is 11.0. The molecule has 280 valence electrons. The van der Waals surface area contributed by atoms with E-state index in [0.29, 0.717) is 39.9 Å². The second-order valence-electron chi connectivity index (χ2n) is 11.8. The first-order chi connectivity index (χ1) is 25.6. The second-order valence-corrected chi connectivity index (χ2v) is 11.8. The Hall–Kier alpha value is -5.73. The Morgan fingerprint density at radius 2 is 0.887 bits per heavy atom. The Labute approximate surface area is 309 Å². The number of pyridine rings is 3. The van der Waals surface area contributed by atoms with E-state index in [4.69, 9.17) is 39.6 Å². The molecule has 0 bridgehead atoms. The Morgan fingerprint density at radius 1 is 0.509 bits per heavy atom. The van der Waals surface area contributed by atoms with Crippen LogP contribution in [0, 0.1) is 0 Å². The molecule has 2 N–H and O–H groups in total. The van der Waals surface area contributed by atoms with Crippen molar-refractivity contribution in [3.05, 3.63) is 84.2 Å². The number of hydrogen-bond acceptors (Lipinski definition) is 14. The van der Waals surface area contributed by atoms with E-state index in [2.05, 4.69) is 0 Å². The zero-order chi connectivity index (χ0) is 38.2. The number of nitrogen functional groups attached to an aromatic ring is 1. The van der Waals surface area contributed by atoms with Gasteiger partial charge < -0.3 is 24.7 Å². The molecule has 3 heterocycles. The summed E-state index contributed by atoms with van der Waals surface area (Å²) in [7, 11) is 0. The van der Waals surface area contributed by atoms with E-state index >= 15 is 0 Å². The summed E-state index contributed by atoms with van der Waals surface area (Å²) in [5.41, 5.74) is 11.8. The van der Waals surface area contributed by atoms with Crippen LogP contribution in [0.2, 0.25) is 0 Å². The first-order valence-electron chi connectivity index (χ1n) is 17.5. The maximum atomic E-state index is 12.4. The molecule has 4 rings (SSSR count). The van der Waals surface area contributed by atoms with Gasteiger partial charge in [-0.2, -0.15) is 0 Å². The van der Waals surface area contributed by atoms with Gasteiger partial charge >= 0.3 is 23.9 Å². The number of carbonyl (C=O) groups is 4. The molecular weight excluding hydrogens is 680 g/mol. The Kier molecular flexibility index (Phi) is 15.4. The minimum absolute atomic E-state index is 0.118. The number of carbonyl (C=O) groups excluding carboxylic acids is 4. The topological polar surface area (TPSA) is 176 Å². The van der Waals surface area contributed by atoms with Gasteiger partial charge in [-0.05, 0) is 87.4 Å². The van der Waals surface area contributed by atoms with Gasteiger partial charge in [-0.15, -0.1) is 0 Å². The fourth-order valence-corrected chi connectivity index (χ4v) is 5.41. The monoisotopic (exact) mass is 726 g/mol. The van der Waals surface area contributed by atoms with Gasteiger partial charge in [-0.1, -0.05) is 24.3 Å². The highest BCUT2D eigenvalue weighted by atomic mass is 16.5. The van der Waals surface area contributed by atoms with Gasteiger partial charge in [0.1, 0.15) is 0 Å². The van der Waals surface area contributed by atoms with Gasteiger partial charge in [0.05, 0.1) is 86.8 Å². The third-order valence-electron chi connectivity index (χ3n) is 7.61. The van der Waals surface area contributed by atoms with E-state index in [9.17, 15) is 19.2 Å². The number of benzene rings is 1. The standard InChI is InChI=1S/C39H46N6O8/c1-5-50-36(46)23-44(24-37(47)51-6-2)21-30-11-9-13-32(41-30)34-19-28(27-15-17-29(40)18-16-27)20-35(43-34)33-14-10-12-31(42-33)22-45(25-38(48)52-7-3)26-39(49)53-8-4/h9-20H,5-8,21-26,40H2,1-4H3. The molecule has 0 amide bonds. The van der Waals surface area contributed by atoms with Crippen molar-refractivity contribution < 1.29 is 38.1 Å². The lowest BCUT2D eigenvalue weighted by atomic mass is 10.0. The van der Waals surface area contributed by atoms with Gasteiger partial charge in [-0.25, -0.2) is 15.0 Å². The summed E-state index contributed by atoms with van der Waals surface area (Å²) < 4.78 is 20.5. The molecular formula is C39H46N6O8. The maximum absolute atomic E-state index is 12.4. The van der Waals surface area contributed by atoms with Gasteiger partial charge in [0.25, 0.3) is 0 Å². The molecule has 53 heavy (non-hydrogen) atoms. The van der Waals surface area contributed by atoms with Gasteiger partial charge in [0.15, 0.2) is 0 Å². The average Bonchev–Trinajstić information content (AvgIpc) is 3.12. The molecule has 0 aliphatic carbocycles. The minimum Gasteiger partial charge on any atom is -0.465 e. The van der Waals surface area contributed by atoms with Gasteiger partial charge in [0, 0.05) is 18.8 Å². The van der Waals surface area contributed by atoms with Gasteiger partial charge in [-0.3, -0.25) is 29.0 Å². The summed E-state index contributed by atoms with van der Waals surface area (Å²) in [6, 6.07) is 22.2. The SMILES string of the molecule is CCOC(=O)CN(CC(=O)OCC)Cc1cccc(-c2cc(-c3ccc(N)cc3)cc(-c3cccc(CN(CC(=O)OCC)CC(=O)OCC)n3)n2)n1. The van der Waals surface area contributed by atoms with E-state index in [0.717, 1.165) is 11.1 Å². The number of esters is 4. The van der Waals surface area contributed by atoms with E-state index in [1.807, 2.05) is 60.7 Å². The minimum atomic E-state index is -0.463. The van der Waals surface area contributed by atoms with Crippen molar-refractivity contribution in [3.8, 4) is 33.9 Å². The van der Waals surface area contributed by atoms with Crippen LogP contribution < -0.4 is 5.73 Å². The molecule has 14 nitrogen and oxygen atoms in total. The summed E-state index contributed by atoms with van der Waals surface area (Å²) >= 11 is 0. The zero-order valence-electron chi connectivity index (χ0n) is 30.6. The molecule has 0 saturated heterocycles. The Bertz CT molecular complexity index is 1700. The molecule has 14 heteroatoms. The predicted octanol–water partition coefficient (Wildman–Crippen LogP) is 4.31. The summed E-state index contributed by atoms with van der Waals surface area (Å²) in [5.74, 6) is -1.85. The lowest BCUT2D eigenvalue weighted by Crippen LogP contribution is -2.36. The highest BCUT2D eigenvalue weighted by molar-refractivity contribution is 5.77. The van der Waals surface area contributed by atoms with Gasteiger partial charge in [0.2, 0.25) is 0 Å². The van der Waals surface area contributed by atoms with Crippen LogP contribution in [0.25, 0.3) is 33.9 Å². The van der Waals surface area contributed by atoms with Crippen LogP contribution >= 0.6 is 0 Å². The molecule has 0 saturated carbocycles. The Balaban J connectivity index is 1.71. The predicted molar refractivity (Wildman–Crippen MR) is 198 cm³/mol. The van der Waals surface area contributed by atoms with Crippen LogP contribution in [0.3, 0.4) is 0 Å². The first kappa shape index (κ1) is 40.0. The molecule has 4 aromatic rings. The quantitative estimate of drug-likeness (QED) is 0.0822. The fourth-order valence-electron chi connectivity index (χ4n) is 5.41. The molecule has 3 aromatic heterocycles. The molecule has 0 fully saturated rings. The highest BCUT2D eigenvalue weighted by Crippen LogP contribution is 2.30. The number of rotatable bonds is 19. The van der Waals surface area contributed by atoms with Crippen LogP contribution in [-0.2, 0) is 51.2 Å². The summed E-state index contributed by atoms with van der Waals surface area (Å²) in [6.45, 7) is 7.62. The lowest BCUT2D eigenvalue weighted by Gasteiger charge is -2.20. The molecule has 0 radical (unpaired) electrons. The van der Waals surface area contributed by atoms with E-state index < -0.39 is 23.9 Å². The van der Waals surface area contributed by atoms with Crippen LogP contribution in [-0.4, -0.2) is 101 Å². The summed E-state index contributed by atoms with van der Waals surface area (Å²) in [4.78, 5) is 67.4. The molecule has 0 unspecified atom stereocenters. The van der Waals surface area contributed by atoms with Crippen LogP contribution in [0.1, 0.15) is 39.1 Å². The lowest BCUT2D eigenvalue weighted by molar-refractivity contribution is -0.150. The summed E-state index contributed by atoms with van der Waals surface area (Å²) in [5, 5.41) is 0. The molecule has 0 spiro atoms. The number of ether oxygens (including phenoxy) is 4. The summed E-state index contributed by atoms with van der Waals surface area (Å²) in [6.07, 6.45) is 0. The third kappa shape index (κ3) is 12.8. The van der Waals surface area contributed by atoms with Crippen molar-refractivity contribution >= 4 is 29.6 Å². The van der Waals surface area contributed by atoms with Crippen molar-refractivity contribution in [2.24, 2.45) is 0 Å². The molecule has 1 aromatic carbocycles. The molecule has 0 aliphatic rings. The smallest absolute Gasteiger partial charge is 0.320 e. The average molecular weight is 727 g/mol. The van der Waals surface area contributed by atoms with Crippen LogP contribution in [0.15, 0.2) is 72.8 Å². The molecule has 0 aliphatic heterocycles. The van der Waals surface area contributed by atoms with Crippen molar-refractivity contribution in [3.63, 3.8) is 0 Å². The van der Waals surface area contributed by atoms with Crippen molar-refractivity contribution in [2.75, 3.05) is 58.3 Å². The van der Waals surface area contributed by atoms with E-state index in [-0.39, 0.29) is 65.7 Å². The van der Waals surface area contributed by atoms with Crippen molar-refractivity contribution in [1.82, 2.24) is 24.8 Å².